The van der Waals surface area contributed by atoms with Crippen LogP contribution in [0.5, 0.6) is 0 Å². The summed E-state index contributed by atoms with van der Waals surface area (Å²) in [6.07, 6.45) is -1.07. The molecule has 6 heteroatoms. The number of aromatic nitrogens is 1. The van der Waals surface area contributed by atoms with Crippen molar-refractivity contribution in [2.24, 2.45) is 0 Å². The number of halogens is 4. The molecule has 0 aliphatic heterocycles. The zero-order valence-corrected chi connectivity index (χ0v) is 9.84. The summed E-state index contributed by atoms with van der Waals surface area (Å²) in [6.45, 7) is 0. The first-order valence-electron chi connectivity index (χ1n) is 3.15. The number of pyridine rings is 1. The van der Waals surface area contributed by atoms with Gasteiger partial charge in [0.15, 0.2) is 6.29 Å². The number of hydrogen-bond acceptors (Lipinski definition) is 2. The molecule has 1 rings (SSSR count). The van der Waals surface area contributed by atoms with Crippen molar-refractivity contribution in [2.75, 3.05) is 0 Å². The Hall–Kier alpha value is -0.110. The average Bonchev–Trinajstić information content (AvgIpc) is 2.09. The van der Waals surface area contributed by atoms with Crippen LogP contribution in [0, 0.1) is 3.57 Å². The van der Waals surface area contributed by atoms with E-state index in [4.69, 9.17) is 0 Å². The molecule has 0 bridgehead atoms. The summed E-state index contributed by atoms with van der Waals surface area (Å²) in [5, 5.41) is 0. The summed E-state index contributed by atoms with van der Waals surface area (Å²) >= 11 is 4.91. The quantitative estimate of drug-likeness (QED) is 0.598. The maximum Gasteiger partial charge on any atom is 0.281 e. The van der Waals surface area contributed by atoms with Gasteiger partial charge in [-0.3, -0.25) is 9.78 Å². The molecular weight excluding hydrogens is 359 g/mol. The molecule has 0 unspecified atom stereocenters. The van der Waals surface area contributed by atoms with Gasteiger partial charge in [0.1, 0.15) is 5.69 Å². The minimum Gasteiger partial charge on any atom is -0.298 e. The third-order valence-corrected chi connectivity index (χ3v) is 3.87. The molecule has 0 fully saturated rings. The van der Waals surface area contributed by atoms with Gasteiger partial charge in [0.05, 0.1) is 5.56 Å². The first-order valence-corrected chi connectivity index (χ1v) is 5.02. The highest BCUT2D eigenvalue weighted by Gasteiger charge is 2.18. The van der Waals surface area contributed by atoms with Crippen molar-refractivity contribution >= 4 is 44.8 Å². The number of nitrogens with zero attached hydrogens (tertiary/aromatic N) is 1. The summed E-state index contributed by atoms with van der Waals surface area (Å²) in [5.74, 6) is 0. The molecular formula is C7H3BrF2INO. The molecule has 0 radical (unpaired) electrons. The van der Waals surface area contributed by atoms with Crippen LogP contribution in [-0.4, -0.2) is 11.3 Å². The number of alkyl halides is 2. The van der Waals surface area contributed by atoms with E-state index in [2.05, 4.69) is 20.9 Å². The highest BCUT2D eigenvalue weighted by Crippen LogP contribution is 2.27. The molecule has 1 aromatic rings. The summed E-state index contributed by atoms with van der Waals surface area (Å²) < 4.78 is 25.6. The number of hydrogen-bond donors (Lipinski definition) is 0. The van der Waals surface area contributed by atoms with Crippen molar-refractivity contribution < 1.29 is 13.6 Å². The Balaban J connectivity index is 3.38. The zero-order valence-electron chi connectivity index (χ0n) is 6.10. The van der Waals surface area contributed by atoms with Gasteiger partial charge in [0.25, 0.3) is 6.43 Å². The molecule has 70 valence electrons. The number of aldehydes is 1. The van der Waals surface area contributed by atoms with Gasteiger partial charge in [-0.1, -0.05) is 0 Å². The third-order valence-electron chi connectivity index (χ3n) is 1.36. The van der Waals surface area contributed by atoms with Crippen molar-refractivity contribution in [3.05, 3.63) is 25.5 Å². The second kappa shape index (κ2) is 4.41. The van der Waals surface area contributed by atoms with Gasteiger partial charge >= 0.3 is 0 Å². The van der Waals surface area contributed by atoms with E-state index in [0.29, 0.717) is 14.3 Å². The molecule has 0 aliphatic carbocycles. The normalized spacial score (nSPS) is 10.5. The van der Waals surface area contributed by atoms with Gasteiger partial charge in [-0.25, -0.2) is 8.78 Å². The van der Waals surface area contributed by atoms with Crippen LogP contribution in [0.3, 0.4) is 0 Å². The second-order valence-corrected chi connectivity index (χ2v) is 4.07. The first-order chi connectivity index (χ1) is 6.07. The lowest BCUT2D eigenvalue weighted by Gasteiger charge is -2.05. The van der Waals surface area contributed by atoms with Crippen molar-refractivity contribution in [3.8, 4) is 0 Å². The number of carbonyl (C=O) groups excluding carboxylic acids is 1. The molecule has 0 saturated carbocycles. The Morgan fingerprint density at radius 3 is 2.69 bits per heavy atom. The SMILES string of the molecule is O=Cc1c(C(F)F)ncc(Br)c1I. The van der Waals surface area contributed by atoms with E-state index in [1.54, 1.807) is 0 Å². The lowest BCUT2D eigenvalue weighted by Crippen LogP contribution is -2.00. The monoisotopic (exact) mass is 361 g/mol. The van der Waals surface area contributed by atoms with E-state index < -0.39 is 12.1 Å². The Labute approximate surface area is 95.0 Å². The number of rotatable bonds is 2. The van der Waals surface area contributed by atoms with Gasteiger partial charge in [0, 0.05) is 14.2 Å². The van der Waals surface area contributed by atoms with E-state index in [0.717, 1.165) is 0 Å². The van der Waals surface area contributed by atoms with Crippen LogP contribution in [-0.2, 0) is 0 Å². The largest absolute Gasteiger partial charge is 0.298 e. The van der Waals surface area contributed by atoms with Crippen LogP contribution in [0.4, 0.5) is 8.78 Å². The van der Waals surface area contributed by atoms with Gasteiger partial charge in [0.2, 0.25) is 0 Å². The van der Waals surface area contributed by atoms with Crippen LogP contribution in [0.25, 0.3) is 0 Å². The lowest BCUT2D eigenvalue weighted by molar-refractivity contribution is 0.110. The maximum absolute atomic E-state index is 12.3. The molecule has 0 amide bonds. The van der Waals surface area contributed by atoms with Crippen LogP contribution in [0.15, 0.2) is 10.7 Å². The second-order valence-electron chi connectivity index (χ2n) is 2.14. The van der Waals surface area contributed by atoms with Crippen molar-refractivity contribution in [1.82, 2.24) is 4.98 Å². The Morgan fingerprint density at radius 1 is 1.62 bits per heavy atom. The fourth-order valence-corrected chi connectivity index (χ4v) is 1.64. The molecule has 0 aliphatic rings. The summed E-state index contributed by atoms with van der Waals surface area (Å²) in [5.41, 5.74) is -0.521. The van der Waals surface area contributed by atoms with Crippen molar-refractivity contribution in [2.45, 2.75) is 6.43 Å². The van der Waals surface area contributed by atoms with Crippen molar-refractivity contribution in [1.29, 1.82) is 0 Å². The molecule has 2 nitrogen and oxygen atoms in total. The minimum atomic E-state index is -2.72. The topological polar surface area (TPSA) is 30.0 Å². The first kappa shape index (κ1) is 11.0. The fourth-order valence-electron chi connectivity index (χ4n) is 0.780. The van der Waals surface area contributed by atoms with E-state index in [1.165, 1.54) is 6.20 Å². The molecule has 0 N–H and O–H groups in total. The molecule has 0 atom stereocenters. The van der Waals surface area contributed by atoms with Crippen LogP contribution >= 0.6 is 38.5 Å². The highest BCUT2D eigenvalue weighted by atomic mass is 127. The molecule has 0 aromatic carbocycles. The van der Waals surface area contributed by atoms with Crippen molar-refractivity contribution in [3.63, 3.8) is 0 Å². The zero-order chi connectivity index (χ0) is 10.0. The lowest BCUT2D eigenvalue weighted by atomic mass is 10.2. The van der Waals surface area contributed by atoms with Crippen LogP contribution < -0.4 is 0 Å². The van der Waals surface area contributed by atoms with Crippen LogP contribution in [0.2, 0.25) is 0 Å². The molecule has 0 saturated heterocycles. The molecule has 0 spiro atoms. The minimum absolute atomic E-state index is 0.0509. The standard InChI is InChI=1S/C7H3BrF2INO/c8-4-1-12-6(7(9)10)3(2-13)5(4)11/h1-2,7H. The Morgan fingerprint density at radius 2 is 2.23 bits per heavy atom. The molecule has 1 aromatic heterocycles. The average molecular weight is 362 g/mol. The molecule has 13 heavy (non-hydrogen) atoms. The van der Waals surface area contributed by atoms with E-state index in [1.807, 2.05) is 22.6 Å². The van der Waals surface area contributed by atoms with E-state index in [9.17, 15) is 13.6 Å². The maximum atomic E-state index is 12.3. The Kier molecular flexibility index (Phi) is 3.72. The number of carbonyl (C=O) groups is 1. The highest BCUT2D eigenvalue weighted by molar-refractivity contribution is 14.1. The van der Waals surface area contributed by atoms with Gasteiger partial charge in [-0.2, -0.15) is 0 Å². The van der Waals surface area contributed by atoms with Gasteiger partial charge < -0.3 is 0 Å². The third kappa shape index (κ3) is 2.22. The van der Waals surface area contributed by atoms with Crippen LogP contribution in [0.1, 0.15) is 22.5 Å². The summed E-state index contributed by atoms with van der Waals surface area (Å²) in [4.78, 5) is 14.0. The fraction of sp³-hybridized carbons (Fsp3) is 0.143. The smallest absolute Gasteiger partial charge is 0.281 e. The van der Waals surface area contributed by atoms with Gasteiger partial charge in [-0.05, 0) is 38.5 Å². The molecule has 1 heterocycles. The summed E-state index contributed by atoms with van der Waals surface area (Å²) in [6, 6.07) is 0. The van der Waals surface area contributed by atoms with E-state index >= 15 is 0 Å². The summed E-state index contributed by atoms with van der Waals surface area (Å²) in [7, 11) is 0. The predicted molar refractivity (Wildman–Crippen MR) is 55.0 cm³/mol. The predicted octanol–water partition coefficient (Wildman–Crippen LogP) is 3.20. The van der Waals surface area contributed by atoms with E-state index in [-0.39, 0.29) is 5.56 Å². The Bertz CT molecular complexity index is 346. The van der Waals surface area contributed by atoms with Gasteiger partial charge in [-0.15, -0.1) is 0 Å².